The Morgan fingerprint density at radius 3 is 2.92 bits per heavy atom. The van der Waals surface area contributed by atoms with E-state index in [2.05, 4.69) is 10.2 Å². The Balaban J connectivity index is 2.14. The first-order chi connectivity index (χ1) is 6.24. The number of carbonyl (C=O) groups excluding carboxylic acids is 1. The zero-order chi connectivity index (χ0) is 9.68. The van der Waals surface area contributed by atoms with Crippen molar-refractivity contribution in [1.82, 2.24) is 15.1 Å². The van der Waals surface area contributed by atoms with E-state index in [-0.39, 0.29) is 6.03 Å². The average Bonchev–Trinajstić information content (AvgIpc) is 2.48. The highest BCUT2D eigenvalue weighted by Gasteiger charge is 2.18. The van der Waals surface area contributed by atoms with Gasteiger partial charge in [0.25, 0.3) is 0 Å². The third-order valence-corrected chi connectivity index (χ3v) is 2.21. The van der Waals surface area contributed by atoms with Crippen LogP contribution in [0.15, 0.2) is 0 Å². The van der Waals surface area contributed by atoms with Gasteiger partial charge in [-0.3, -0.25) is 0 Å². The average molecular weight is 186 g/mol. The van der Waals surface area contributed by atoms with Gasteiger partial charge in [0.2, 0.25) is 0 Å². The zero-order valence-electron chi connectivity index (χ0n) is 8.12. The van der Waals surface area contributed by atoms with Crippen LogP contribution in [0.25, 0.3) is 0 Å². The van der Waals surface area contributed by atoms with Crippen molar-refractivity contribution >= 4 is 6.03 Å². The van der Waals surface area contributed by atoms with Gasteiger partial charge in [-0.05, 0) is 7.05 Å². The summed E-state index contributed by atoms with van der Waals surface area (Å²) in [5.74, 6) is 0. The van der Waals surface area contributed by atoms with Crippen molar-refractivity contribution < 1.29 is 4.79 Å². The number of amides is 2. The summed E-state index contributed by atoms with van der Waals surface area (Å²) >= 11 is 0. The number of hydrogen-bond acceptors (Lipinski definition) is 3. The number of rotatable bonds is 5. The van der Waals surface area contributed by atoms with E-state index in [1.54, 1.807) is 0 Å². The normalized spacial score (nSPS) is 16.8. The van der Waals surface area contributed by atoms with Crippen LogP contribution in [0.2, 0.25) is 0 Å². The Morgan fingerprint density at radius 1 is 1.62 bits per heavy atom. The summed E-state index contributed by atoms with van der Waals surface area (Å²) in [6.07, 6.45) is 0. The van der Waals surface area contributed by atoms with E-state index >= 15 is 0 Å². The fraction of sp³-hybridized carbons (Fsp3) is 0.875. The van der Waals surface area contributed by atoms with Gasteiger partial charge in [-0.2, -0.15) is 0 Å². The van der Waals surface area contributed by atoms with Crippen LogP contribution in [0, 0.1) is 0 Å². The molecule has 5 nitrogen and oxygen atoms in total. The number of hydrogen-bond donors (Lipinski definition) is 2. The fourth-order valence-electron chi connectivity index (χ4n) is 1.35. The first-order valence-electron chi connectivity index (χ1n) is 4.65. The monoisotopic (exact) mass is 186 g/mol. The van der Waals surface area contributed by atoms with E-state index < -0.39 is 0 Å². The molecule has 1 heterocycles. The number of urea groups is 1. The van der Waals surface area contributed by atoms with E-state index in [1.165, 1.54) is 0 Å². The van der Waals surface area contributed by atoms with Crippen LogP contribution < -0.4 is 11.1 Å². The number of nitrogens with one attached hydrogen (secondary N) is 1. The standard InChI is InChI=1S/C8H18N4O/c1-11(4-2-9)6-7-12-5-3-10-8(12)13/h2-7,9H2,1H3,(H,10,13). The summed E-state index contributed by atoms with van der Waals surface area (Å²) in [4.78, 5) is 15.1. The molecule has 13 heavy (non-hydrogen) atoms. The Hall–Kier alpha value is -0.810. The molecular weight excluding hydrogens is 168 g/mol. The summed E-state index contributed by atoms with van der Waals surface area (Å²) in [7, 11) is 2.01. The van der Waals surface area contributed by atoms with Crippen molar-refractivity contribution in [3.63, 3.8) is 0 Å². The number of nitrogens with zero attached hydrogens (tertiary/aromatic N) is 2. The van der Waals surface area contributed by atoms with Crippen LogP contribution in [0.5, 0.6) is 0 Å². The largest absolute Gasteiger partial charge is 0.336 e. The van der Waals surface area contributed by atoms with Gasteiger partial charge in [0.1, 0.15) is 0 Å². The molecule has 0 atom stereocenters. The van der Waals surface area contributed by atoms with E-state index in [4.69, 9.17) is 5.73 Å². The second-order valence-corrected chi connectivity index (χ2v) is 3.31. The lowest BCUT2D eigenvalue weighted by molar-refractivity contribution is 0.209. The Bertz CT molecular complexity index is 174. The molecular formula is C8H18N4O. The lowest BCUT2D eigenvalue weighted by Gasteiger charge is -2.19. The molecule has 0 aromatic carbocycles. The molecule has 0 aliphatic carbocycles. The first-order valence-corrected chi connectivity index (χ1v) is 4.65. The van der Waals surface area contributed by atoms with Crippen LogP contribution in [0.1, 0.15) is 0 Å². The molecule has 1 aliphatic heterocycles. The molecule has 1 rings (SSSR count). The van der Waals surface area contributed by atoms with Crippen LogP contribution >= 0.6 is 0 Å². The predicted octanol–water partition coefficient (Wildman–Crippen LogP) is -1.10. The molecule has 2 amide bonds. The number of likely N-dealkylation sites (N-methyl/N-ethyl adjacent to an activating group) is 1. The second kappa shape index (κ2) is 5.04. The second-order valence-electron chi connectivity index (χ2n) is 3.31. The first kappa shape index (κ1) is 10.3. The van der Waals surface area contributed by atoms with Crippen molar-refractivity contribution in [3.8, 4) is 0 Å². The van der Waals surface area contributed by atoms with E-state index in [0.717, 1.165) is 32.7 Å². The van der Waals surface area contributed by atoms with Crippen molar-refractivity contribution in [2.45, 2.75) is 0 Å². The van der Waals surface area contributed by atoms with Gasteiger partial charge >= 0.3 is 6.03 Å². The lowest BCUT2D eigenvalue weighted by atomic mass is 10.4. The van der Waals surface area contributed by atoms with E-state index in [1.807, 2.05) is 11.9 Å². The third-order valence-electron chi connectivity index (χ3n) is 2.21. The minimum Gasteiger partial charge on any atom is -0.336 e. The Kier molecular flexibility index (Phi) is 3.98. The van der Waals surface area contributed by atoms with Crippen molar-refractivity contribution in [3.05, 3.63) is 0 Å². The highest BCUT2D eigenvalue weighted by atomic mass is 16.2. The van der Waals surface area contributed by atoms with Crippen LogP contribution in [0.4, 0.5) is 4.79 Å². The van der Waals surface area contributed by atoms with Gasteiger partial charge in [-0.15, -0.1) is 0 Å². The Labute approximate surface area is 78.9 Å². The molecule has 0 unspecified atom stereocenters. The van der Waals surface area contributed by atoms with Crippen LogP contribution in [-0.2, 0) is 0 Å². The zero-order valence-corrected chi connectivity index (χ0v) is 8.12. The van der Waals surface area contributed by atoms with Crippen LogP contribution in [0.3, 0.4) is 0 Å². The molecule has 1 fully saturated rings. The summed E-state index contributed by atoms with van der Waals surface area (Å²) in [6, 6.07) is 0.0566. The van der Waals surface area contributed by atoms with Crippen LogP contribution in [-0.4, -0.2) is 62.1 Å². The predicted molar refractivity (Wildman–Crippen MR) is 51.5 cm³/mol. The van der Waals surface area contributed by atoms with Gasteiger partial charge in [0.15, 0.2) is 0 Å². The van der Waals surface area contributed by atoms with E-state index in [0.29, 0.717) is 6.54 Å². The lowest BCUT2D eigenvalue weighted by Crippen LogP contribution is -2.37. The maximum atomic E-state index is 11.1. The summed E-state index contributed by atoms with van der Waals surface area (Å²) in [6.45, 7) is 4.85. The highest BCUT2D eigenvalue weighted by Crippen LogP contribution is 1.96. The molecule has 3 N–H and O–H groups in total. The van der Waals surface area contributed by atoms with Gasteiger partial charge in [0.05, 0.1) is 0 Å². The van der Waals surface area contributed by atoms with Gasteiger partial charge in [-0.1, -0.05) is 0 Å². The van der Waals surface area contributed by atoms with Gasteiger partial charge in [-0.25, -0.2) is 4.79 Å². The van der Waals surface area contributed by atoms with Crippen molar-refractivity contribution in [1.29, 1.82) is 0 Å². The molecule has 5 heteroatoms. The number of nitrogens with two attached hydrogens (primary N) is 1. The topological polar surface area (TPSA) is 61.6 Å². The molecule has 0 aromatic rings. The van der Waals surface area contributed by atoms with Crippen molar-refractivity contribution in [2.75, 3.05) is 46.3 Å². The minimum absolute atomic E-state index is 0.0566. The van der Waals surface area contributed by atoms with E-state index in [9.17, 15) is 4.79 Å². The SMILES string of the molecule is CN(CCN)CCN1CCNC1=O. The quantitative estimate of drug-likeness (QED) is 0.573. The maximum absolute atomic E-state index is 11.1. The molecule has 0 radical (unpaired) electrons. The highest BCUT2D eigenvalue weighted by molar-refractivity contribution is 5.76. The van der Waals surface area contributed by atoms with Gasteiger partial charge in [0, 0.05) is 39.3 Å². The van der Waals surface area contributed by atoms with Crippen molar-refractivity contribution in [2.24, 2.45) is 5.73 Å². The molecule has 1 aliphatic rings. The molecule has 0 aromatic heterocycles. The number of carbonyl (C=O) groups is 1. The molecule has 76 valence electrons. The molecule has 0 spiro atoms. The fourth-order valence-corrected chi connectivity index (χ4v) is 1.35. The Morgan fingerprint density at radius 2 is 2.38 bits per heavy atom. The maximum Gasteiger partial charge on any atom is 0.317 e. The molecule has 1 saturated heterocycles. The molecule has 0 saturated carbocycles. The third kappa shape index (κ3) is 3.20. The summed E-state index contributed by atoms with van der Waals surface area (Å²) < 4.78 is 0. The molecule has 0 bridgehead atoms. The summed E-state index contributed by atoms with van der Waals surface area (Å²) in [5, 5.41) is 2.77. The smallest absolute Gasteiger partial charge is 0.317 e. The minimum atomic E-state index is 0.0566. The summed E-state index contributed by atoms with van der Waals surface area (Å²) in [5.41, 5.74) is 5.41. The van der Waals surface area contributed by atoms with Gasteiger partial charge < -0.3 is 20.9 Å².